The molecule has 1 amide bonds. The van der Waals surface area contributed by atoms with E-state index in [0.717, 1.165) is 0 Å². The highest BCUT2D eigenvalue weighted by atomic mass is 35.5. The van der Waals surface area contributed by atoms with Crippen LogP contribution < -0.4 is 5.32 Å². The lowest BCUT2D eigenvalue weighted by Gasteiger charge is -2.02. The number of carbonyl (C=O) groups excluding carboxylic acids is 1. The van der Waals surface area contributed by atoms with E-state index >= 15 is 0 Å². The zero-order valence-electron chi connectivity index (χ0n) is 9.19. The number of anilines is 1. The molecular weight excluding hydrogens is 244 g/mol. The zero-order valence-corrected chi connectivity index (χ0v) is 9.95. The van der Waals surface area contributed by atoms with Crippen LogP contribution in [0.2, 0.25) is 5.15 Å². The summed E-state index contributed by atoms with van der Waals surface area (Å²) in [5.74, 6) is 0.306. The van der Waals surface area contributed by atoms with Crippen molar-refractivity contribution in [2.75, 3.05) is 5.32 Å². The minimum atomic E-state index is -0.453. The van der Waals surface area contributed by atoms with Gasteiger partial charge in [-0.15, -0.1) is 0 Å². The number of aryl methyl sites for hydroxylation is 2. The fourth-order valence-corrected chi connectivity index (χ4v) is 1.46. The molecule has 0 fully saturated rings. The maximum atomic E-state index is 11.8. The topological polar surface area (TPSA) is 80.9 Å². The molecule has 17 heavy (non-hydrogen) atoms. The van der Waals surface area contributed by atoms with Gasteiger partial charge in [-0.2, -0.15) is 0 Å². The Labute approximate surface area is 102 Å². The molecule has 88 valence electrons. The third kappa shape index (κ3) is 2.42. The predicted octanol–water partition coefficient (Wildman–Crippen LogP) is 1.99. The molecular formula is C10H9ClN4O2. The summed E-state index contributed by atoms with van der Waals surface area (Å²) in [6.45, 7) is 3.35. The second-order valence-corrected chi connectivity index (χ2v) is 3.66. The molecule has 1 N–H and O–H groups in total. The highest BCUT2D eigenvalue weighted by Crippen LogP contribution is 2.17. The number of carbonyl (C=O) groups is 1. The molecule has 6 nitrogen and oxygen atoms in total. The summed E-state index contributed by atoms with van der Waals surface area (Å²) >= 11 is 5.77. The Hall–Kier alpha value is -1.95. The Balaban J connectivity index is 2.23. The highest BCUT2D eigenvalue weighted by Gasteiger charge is 2.17. The van der Waals surface area contributed by atoms with E-state index in [4.69, 9.17) is 16.0 Å². The highest BCUT2D eigenvalue weighted by molar-refractivity contribution is 6.32. The summed E-state index contributed by atoms with van der Waals surface area (Å²) in [7, 11) is 0. The molecule has 2 heterocycles. The summed E-state index contributed by atoms with van der Waals surface area (Å²) in [5.41, 5.74) is 0.514. The third-order valence-electron chi connectivity index (χ3n) is 2.00. The molecule has 0 bridgehead atoms. The van der Waals surface area contributed by atoms with E-state index in [1.54, 1.807) is 13.8 Å². The first-order valence-electron chi connectivity index (χ1n) is 4.80. The van der Waals surface area contributed by atoms with Gasteiger partial charge in [0.25, 0.3) is 5.91 Å². The van der Waals surface area contributed by atoms with Crippen molar-refractivity contribution >= 4 is 23.3 Å². The lowest BCUT2D eigenvalue weighted by atomic mass is 10.3. The van der Waals surface area contributed by atoms with Crippen molar-refractivity contribution in [2.24, 2.45) is 0 Å². The fourth-order valence-electron chi connectivity index (χ4n) is 1.31. The Morgan fingerprint density at radius 1 is 1.35 bits per heavy atom. The van der Waals surface area contributed by atoms with Crippen LogP contribution in [0.25, 0.3) is 0 Å². The number of nitrogens with one attached hydrogen (secondary N) is 1. The van der Waals surface area contributed by atoms with E-state index in [1.807, 2.05) is 0 Å². The SMILES string of the molecule is Cc1nc(C)c(C(=O)Nc2nccnc2Cl)o1. The molecule has 0 aliphatic heterocycles. The Morgan fingerprint density at radius 3 is 2.65 bits per heavy atom. The van der Waals surface area contributed by atoms with Gasteiger partial charge in [-0.1, -0.05) is 11.6 Å². The standard InChI is InChI=1S/C10H9ClN4O2/c1-5-7(17-6(2)14-5)10(16)15-9-8(11)12-3-4-13-9/h3-4H,1-2H3,(H,13,15,16). The molecule has 0 saturated heterocycles. The Kier molecular flexibility index (Phi) is 3.06. The van der Waals surface area contributed by atoms with E-state index in [-0.39, 0.29) is 16.7 Å². The first-order chi connectivity index (χ1) is 8.08. The fraction of sp³-hybridized carbons (Fsp3) is 0.200. The van der Waals surface area contributed by atoms with E-state index in [2.05, 4.69) is 20.3 Å². The van der Waals surface area contributed by atoms with Crippen molar-refractivity contribution in [3.63, 3.8) is 0 Å². The van der Waals surface area contributed by atoms with Crippen LogP contribution in [0.15, 0.2) is 16.8 Å². The lowest BCUT2D eigenvalue weighted by Crippen LogP contribution is -2.14. The van der Waals surface area contributed by atoms with Crippen molar-refractivity contribution in [2.45, 2.75) is 13.8 Å². The van der Waals surface area contributed by atoms with Crippen LogP contribution in [0.3, 0.4) is 0 Å². The second-order valence-electron chi connectivity index (χ2n) is 3.30. The number of halogens is 1. The van der Waals surface area contributed by atoms with Crippen LogP contribution in [-0.2, 0) is 0 Å². The van der Waals surface area contributed by atoms with E-state index < -0.39 is 5.91 Å². The van der Waals surface area contributed by atoms with Gasteiger partial charge >= 0.3 is 0 Å². The van der Waals surface area contributed by atoms with Crippen LogP contribution in [0, 0.1) is 13.8 Å². The normalized spacial score (nSPS) is 10.3. The summed E-state index contributed by atoms with van der Waals surface area (Å²) in [6.07, 6.45) is 2.86. The van der Waals surface area contributed by atoms with Crippen molar-refractivity contribution in [3.8, 4) is 0 Å². The van der Waals surface area contributed by atoms with Gasteiger partial charge in [0.2, 0.25) is 5.76 Å². The van der Waals surface area contributed by atoms with Gasteiger partial charge in [0.05, 0.1) is 5.69 Å². The maximum Gasteiger partial charge on any atom is 0.294 e. The molecule has 0 aliphatic carbocycles. The van der Waals surface area contributed by atoms with Gasteiger partial charge in [-0.3, -0.25) is 4.79 Å². The first kappa shape index (κ1) is 11.5. The van der Waals surface area contributed by atoms with Crippen LogP contribution in [-0.4, -0.2) is 20.9 Å². The van der Waals surface area contributed by atoms with Gasteiger partial charge < -0.3 is 9.73 Å². The molecule has 0 aliphatic rings. The summed E-state index contributed by atoms with van der Waals surface area (Å²) in [5, 5.41) is 2.62. The van der Waals surface area contributed by atoms with Crippen LogP contribution >= 0.6 is 11.6 Å². The molecule has 2 aromatic heterocycles. The van der Waals surface area contributed by atoms with Crippen molar-refractivity contribution < 1.29 is 9.21 Å². The Morgan fingerprint density at radius 2 is 2.06 bits per heavy atom. The molecule has 0 saturated carbocycles. The van der Waals surface area contributed by atoms with E-state index in [1.165, 1.54) is 12.4 Å². The smallest absolute Gasteiger partial charge is 0.294 e. The minimum absolute atomic E-state index is 0.120. The lowest BCUT2D eigenvalue weighted by molar-refractivity contribution is 0.0994. The number of rotatable bonds is 2. The van der Waals surface area contributed by atoms with Crippen molar-refractivity contribution in [3.05, 3.63) is 34.9 Å². The van der Waals surface area contributed by atoms with Crippen molar-refractivity contribution in [1.29, 1.82) is 0 Å². The monoisotopic (exact) mass is 252 g/mol. The number of hydrogen-bond acceptors (Lipinski definition) is 5. The predicted molar refractivity (Wildman–Crippen MR) is 61.0 cm³/mol. The van der Waals surface area contributed by atoms with Gasteiger partial charge in [0.1, 0.15) is 0 Å². The first-order valence-corrected chi connectivity index (χ1v) is 5.17. The molecule has 2 rings (SSSR count). The number of amides is 1. The number of oxazole rings is 1. The molecule has 0 radical (unpaired) electrons. The zero-order chi connectivity index (χ0) is 12.4. The average Bonchev–Trinajstić information content (AvgIpc) is 2.61. The van der Waals surface area contributed by atoms with Gasteiger partial charge in [-0.25, -0.2) is 15.0 Å². The molecule has 2 aromatic rings. The molecule has 0 unspecified atom stereocenters. The minimum Gasteiger partial charge on any atom is -0.436 e. The number of nitrogens with zero attached hydrogens (tertiary/aromatic N) is 3. The molecule has 0 spiro atoms. The summed E-state index contributed by atoms with van der Waals surface area (Å²) in [4.78, 5) is 23.5. The number of aromatic nitrogens is 3. The second kappa shape index (κ2) is 4.50. The molecule has 0 aromatic carbocycles. The van der Waals surface area contributed by atoms with Crippen molar-refractivity contribution in [1.82, 2.24) is 15.0 Å². The van der Waals surface area contributed by atoms with E-state index in [9.17, 15) is 4.79 Å². The summed E-state index contributed by atoms with van der Waals surface area (Å²) < 4.78 is 5.17. The molecule has 0 atom stereocenters. The van der Waals surface area contributed by atoms with Gasteiger partial charge in [-0.05, 0) is 6.92 Å². The summed E-state index contributed by atoms with van der Waals surface area (Å²) in [6, 6.07) is 0. The van der Waals surface area contributed by atoms with Crippen LogP contribution in [0.5, 0.6) is 0 Å². The van der Waals surface area contributed by atoms with Crippen LogP contribution in [0.1, 0.15) is 22.1 Å². The van der Waals surface area contributed by atoms with Gasteiger partial charge in [0, 0.05) is 19.3 Å². The average molecular weight is 253 g/mol. The number of hydrogen-bond donors (Lipinski definition) is 1. The Bertz CT molecular complexity index is 567. The van der Waals surface area contributed by atoms with E-state index in [0.29, 0.717) is 11.6 Å². The van der Waals surface area contributed by atoms with Gasteiger partial charge in [0.15, 0.2) is 16.9 Å². The van der Waals surface area contributed by atoms with Crippen LogP contribution in [0.4, 0.5) is 5.82 Å². The largest absolute Gasteiger partial charge is 0.436 e. The maximum absolute atomic E-state index is 11.8. The third-order valence-corrected chi connectivity index (χ3v) is 2.27. The quantitative estimate of drug-likeness (QED) is 0.884. The molecule has 7 heteroatoms.